The normalized spacial score (nSPS) is 26.6. The highest BCUT2D eigenvalue weighted by Crippen LogP contribution is 2.38. The SMILES string of the molecule is CC(=O)CC(C(=O)O)C1C=C(C)C(C(C)=O)C(C(=O)O)C1. The van der Waals surface area contributed by atoms with Gasteiger partial charge >= 0.3 is 11.9 Å². The summed E-state index contributed by atoms with van der Waals surface area (Å²) in [6.45, 7) is 4.28. The third kappa shape index (κ3) is 4.00. The maximum absolute atomic E-state index is 11.6. The first-order valence-electron chi connectivity index (χ1n) is 6.79. The van der Waals surface area contributed by atoms with Gasteiger partial charge in [-0.15, -0.1) is 0 Å². The number of carbonyl (C=O) groups excluding carboxylic acids is 2. The first-order chi connectivity index (χ1) is 9.65. The van der Waals surface area contributed by atoms with Gasteiger partial charge in [-0.05, 0) is 33.1 Å². The van der Waals surface area contributed by atoms with Gasteiger partial charge in [0.2, 0.25) is 0 Å². The van der Waals surface area contributed by atoms with Crippen molar-refractivity contribution in [2.75, 3.05) is 0 Å². The average Bonchev–Trinajstić information content (AvgIpc) is 2.33. The zero-order valence-corrected chi connectivity index (χ0v) is 12.3. The summed E-state index contributed by atoms with van der Waals surface area (Å²) in [5.74, 6) is -5.89. The van der Waals surface area contributed by atoms with Crippen LogP contribution in [0.25, 0.3) is 0 Å². The summed E-state index contributed by atoms with van der Waals surface area (Å²) in [5, 5.41) is 18.6. The van der Waals surface area contributed by atoms with Gasteiger partial charge in [-0.25, -0.2) is 0 Å². The number of hydrogen-bond acceptors (Lipinski definition) is 4. The minimum absolute atomic E-state index is 0.0567. The standard InChI is InChI=1S/C15H20O6/c1-7-4-10(11(14(18)19)5-8(2)16)6-12(15(20)21)13(7)9(3)17/h4,10-13H,5-6H2,1-3H3,(H,18,19)(H,20,21). The molecule has 1 rings (SSSR count). The fourth-order valence-electron chi connectivity index (χ4n) is 3.12. The molecule has 6 heteroatoms. The highest BCUT2D eigenvalue weighted by molar-refractivity contribution is 5.88. The van der Waals surface area contributed by atoms with Crippen molar-refractivity contribution in [1.29, 1.82) is 0 Å². The lowest BCUT2D eigenvalue weighted by atomic mass is 9.69. The first-order valence-corrected chi connectivity index (χ1v) is 6.79. The molecule has 2 N–H and O–H groups in total. The molecule has 0 bridgehead atoms. The summed E-state index contributed by atoms with van der Waals surface area (Å²) in [7, 11) is 0. The molecule has 116 valence electrons. The van der Waals surface area contributed by atoms with Crippen LogP contribution in [-0.2, 0) is 19.2 Å². The molecule has 0 aliphatic heterocycles. The molecule has 0 spiro atoms. The van der Waals surface area contributed by atoms with E-state index in [0.29, 0.717) is 5.57 Å². The average molecular weight is 296 g/mol. The summed E-state index contributed by atoms with van der Waals surface area (Å²) in [6, 6.07) is 0. The van der Waals surface area contributed by atoms with Crippen molar-refractivity contribution in [2.45, 2.75) is 33.6 Å². The molecule has 0 amide bonds. The maximum atomic E-state index is 11.6. The van der Waals surface area contributed by atoms with E-state index in [-0.39, 0.29) is 24.4 Å². The van der Waals surface area contributed by atoms with Gasteiger partial charge in [-0.3, -0.25) is 14.4 Å². The quantitative estimate of drug-likeness (QED) is 0.720. The highest BCUT2D eigenvalue weighted by atomic mass is 16.4. The molecule has 0 saturated heterocycles. The molecule has 4 atom stereocenters. The van der Waals surface area contributed by atoms with Crippen molar-refractivity contribution in [2.24, 2.45) is 23.7 Å². The van der Waals surface area contributed by atoms with Gasteiger partial charge in [-0.2, -0.15) is 0 Å². The van der Waals surface area contributed by atoms with Gasteiger partial charge in [0, 0.05) is 6.42 Å². The van der Waals surface area contributed by atoms with Crippen LogP contribution >= 0.6 is 0 Å². The molecule has 1 aliphatic rings. The zero-order valence-electron chi connectivity index (χ0n) is 12.3. The van der Waals surface area contributed by atoms with Gasteiger partial charge in [0.15, 0.2) is 0 Å². The van der Waals surface area contributed by atoms with Crippen LogP contribution in [0.4, 0.5) is 0 Å². The molecular weight excluding hydrogens is 276 g/mol. The largest absolute Gasteiger partial charge is 0.481 e. The lowest BCUT2D eigenvalue weighted by Crippen LogP contribution is -2.38. The van der Waals surface area contributed by atoms with Crippen LogP contribution in [0.5, 0.6) is 0 Å². The van der Waals surface area contributed by atoms with Crippen molar-refractivity contribution in [3.05, 3.63) is 11.6 Å². The molecule has 6 nitrogen and oxygen atoms in total. The third-order valence-electron chi connectivity index (χ3n) is 3.99. The summed E-state index contributed by atoms with van der Waals surface area (Å²) in [4.78, 5) is 45.6. The highest BCUT2D eigenvalue weighted by Gasteiger charge is 2.41. The Morgan fingerprint density at radius 1 is 1.24 bits per heavy atom. The van der Waals surface area contributed by atoms with Crippen molar-refractivity contribution < 1.29 is 29.4 Å². The minimum atomic E-state index is -1.12. The second kappa shape index (κ2) is 6.65. The zero-order chi connectivity index (χ0) is 16.3. The number of hydrogen-bond donors (Lipinski definition) is 2. The number of carboxylic acids is 2. The fraction of sp³-hybridized carbons (Fsp3) is 0.600. The molecule has 4 unspecified atom stereocenters. The van der Waals surface area contributed by atoms with E-state index in [1.54, 1.807) is 13.0 Å². The second-order valence-corrected chi connectivity index (χ2v) is 5.69. The van der Waals surface area contributed by atoms with Crippen molar-refractivity contribution in [3.63, 3.8) is 0 Å². The molecule has 0 fully saturated rings. The fourth-order valence-corrected chi connectivity index (χ4v) is 3.12. The monoisotopic (exact) mass is 296 g/mol. The van der Waals surface area contributed by atoms with Crippen LogP contribution in [0.15, 0.2) is 11.6 Å². The van der Waals surface area contributed by atoms with Crippen molar-refractivity contribution in [1.82, 2.24) is 0 Å². The van der Waals surface area contributed by atoms with Crippen LogP contribution in [0, 0.1) is 23.7 Å². The van der Waals surface area contributed by atoms with E-state index in [2.05, 4.69) is 0 Å². The van der Waals surface area contributed by atoms with Crippen LogP contribution in [-0.4, -0.2) is 33.7 Å². The summed E-state index contributed by atoms with van der Waals surface area (Å²) in [5.41, 5.74) is 0.570. The molecule has 21 heavy (non-hydrogen) atoms. The van der Waals surface area contributed by atoms with E-state index < -0.39 is 35.6 Å². The van der Waals surface area contributed by atoms with E-state index >= 15 is 0 Å². The third-order valence-corrected chi connectivity index (χ3v) is 3.99. The topological polar surface area (TPSA) is 109 Å². The molecular formula is C15H20O6. The van der Waals surface area contributed by atoms with Gasteiger partial charge in [-0.1, -0.05) is 11.6 Å². The molecule has 0 saturated carbocycles. The molecule has 0 aromatic rings. The van der Waals surface area contributed by atoms with Crippen LogP contribution in [0.2, 0.25) is 0 Å². The predicted molar refractivity (Wildman–Crippen MR) is 73.6 cm³/mol. The van der Waals surface area contributed by atoms with Gasteiger partial charge < -0.3 is 15.0 Å². The Balaban J connectivity index is 3.15. The Morgan fingerprint density at radius 2 is 1.81 bits per heavy atom. The van der Waals surface area contributed by atoms with E-state index in [0.717, 1.165) is 0 Å². The molecule has 1 aliphatic carbocycles. The van der Waals surface area contributed by atoms with Gasteiger partial charge in [0.1, 0.15) is 11.6 Å². The number of Topliss-reactive ketones (excluding diaryl/α,β-unsaturated/α-hetero) is 2. The predicted octanol–water partition coefficient (Wildman–Crippen LogP) is 1.54. The lowest BCUT2D eigenvalue weighted by Gasteiger charge is -2.33. The smallest absolute Gasteiger partial charge is 0.307 e. The Morgan fingerprint density at radius 3 is 2.19 bits per heavy atom. The summed E-state index contributed by atoms with van der Waals surface area (Å²) < 4.78 is 0. The van der Waals surface area contributed by atoms with Crippen molar-refractivity contribution >= 4 is 23.5 Å². The van der Waals surface area contributed by atoms with Crippen LogP contribution in [0.1, 0.15) is 33.6 Å². The van der Waals surface area contributed by atoms with E-state index in [1.807, 2.05) is 0 Å². The number of allylic oxidation sites excluding steroid dienone is 2. The molecule has 0 heterocycles. The number of rotatable bonds is 6. The molecule has 0 radical (unpaired) electrons. The van der Waals surface area contributed by atoms with E-state index in [1.165, 1.54) is 13.8 Å². The number of carbonyl (C=O) groups is 4. The Kier molecular flexibility index (Phi) is 5.41. The Bertz CT molecular complexity index is 504. The van der Waals surface area contributed by atoms with Crippen LogP contribution in [0.3, 0.4) is 0 Å². The lowest BCUT2D eigenvalue weighted by molar-refractivity contribution is -0.149. The maximum Gasteiger partial charge on any atom is 0.307 e. The number of carboxylic acid groups (broad SMARTS) is 2. The van der Waals surface area contributed by atoms with E-state index in [4.69, 9.17) is 0 Å². The summed E-state index contributed by atoms with van der Waals surface area (Å²) >= 11 is 0. The number of ketones is 2. The van der Waals surface area contributed by atoms with E-state index in [9.17, 15) is 29.4 Å². The Hall–Kier alpha value is -1.98. The first kappa shape index (κ1) is 17.1. The molecule has 0 aromatic heterocycles. The molecule has 0 aromatic carbocycles. The Labute approximate surface area is 122 Å². The number of aliphatic carboxylic acids is 2. The summed E-state index contributed by atoms with van der Waals surface area (Å²) in [6.07, 6.45) is 1.56. The van der Waals surface area contributed by atoms with Gasteiger partial charge in [0.25, 0.3) is 0 Å². The second-order valence-electron chi connectivity index (χ2n) is 5.69. The van der Waals surface area contributed by atoms with Crippen LogP contribution < -0.4 is 0 Å². The minimum Gasteiger partial charge on any atom is -0.481 e. The van der Waals surface area contributed by atoms with Crippen molar-refractivity contribution in [3.8, 4) is 0 Å². The van der Waals surface area contributed by atoms with Gasteiger partial charge in [0.05, 0.1) is 17.8 Å².